The van der Waals surface area contributed by atoms with Crippen LogP contribution in [0.5, 0.6) is 0 Å². The van der Waals surface area contributed by atoms with Crippen LogP contribution in [0.3, 0.4) is 0 Å². The van der Waals surface area contributed by atoms with Gasteiger partial charge in [0.25, 0.3) is 5.91 Å². The second-order valence-corrected chi connectivity index (χ2v) is 7.40. The van der Waals surface area contributed by atoms with Crippen LogP contribution in [0.4, 0.5) is 4.39 Å². The third-order valence-electron chi connectivity index (χ3n) is 4.99. The monoisotopic (exact) mass is 383 g/mol. The number of benzene rings is 1. The van der Waals surface area contributed by atoms with E-state index >= 15 is 0 Å². The van der Waals surface area contributed by atoms with Crippen LogP contribution in [0.15, 0.2) is 45.5 Å². The predicted molar refractivity (Wildman–Crippen MR) is 99.3 cm³/mol. The van der Waals surface area contributed by atoms with Crippen molar-refractivity contribution in [2.24, 2.45) is 0 Å². The molecule has 1 aliphatic rings. The zero-order valence-corrected chi connectivity index (χ0v) is 15.9. The number of rotatable bonds is 5. The van der Waals surface area contributed by atoms with Crippen LogP contribution < -0.4 is 0 Å². The van der Waals surface area contributed by atoms with E-state index in [9.17, 15) is 9.18 Å². The SMILES string of the molecule is CC(C)c1cc(C(=O)N2CCCC2c2ncc(Cc3ccc(F)cc3)o2)on1. The molecule has 1 fully saturated rings. The summed E-state index contributed by atoms with van der Waals surface area (Å²) in [6.07, 6.45) is 3.85. The number of amides is 1. The first-order valence-corrected chi connectivity index (χ1v) is 9.48. The molecule has 0 saturated carbocycles. The average molecular weight is 383 g/mol. The van der Waals surface area contributed by atoms with Crippen LogP contribution >= 0.6 is 0 Å². The van der Waals surface area contributed by atoms with Gasteiger partial charge in [0.15, 0.2) is 0 Å². The molecule has 3 heterocycles. The smallest absolute Gasteiger partial charge is 0.293 e. The number of carbonyl (C=O) groups excluding carboxylic acids is 1. The van der Waals surface area contributed by atoms with Crippen LogP contribution in [-0.2, 0) is 6.42 Å². The molecule has 1 aliphatic heterocycles. The van der Waals surface area contributed by atoms with Crippen molar-refractivity contribution in [1.82, 2.24) is 15.0 Å². The Bertz CT molecular complexity index is 961. The Morgan fingerprint density at radius 2 is 2.11 bits per heavy atom. The van der Waals surface area contributed by atoms with Crippen LogP contribution in [0.2, 0.25) is 0 Å². The molecule has 3 aromatic rings. The molecule has 1 unspecified atom stereocenters. The van der Waals surface area contributed by atoms with E-state index in [0.717, 1.165) is 24.1 Å². The summed E-state index contributed by atoms with van der Waals surface area (Å²) in [5.41, 5.74) is 1.70. The third kappa shape index (κ3) is 3.69. The molecular weight excluding hydrogens is 361 g/mol. The second kappa shape index (κ2) is 7.58. The quantitative estimate of drug-likeness (QED) is 0.649. The summed E-state index contributed by atoms with van der Waals surface area (Å²) in [5, 5.41) is 3.97. The molecular formula is C21H22FN3O3. The van der Waals surface area contributed by atoms with Gasteiger partial charge in [0.1, 0.15) is 17.6 Å². The van der Waals surface area contributed by atoms with Crippen molar-refractivity contribution in [3.05, 3.63) is 71.0 Å². The zero-order valence-electron chi connectivity index (χ0n) is 15.9. The van der Waals surface area contributed by atoms with E-state index in [1.165, 1.54) is 12.1 Å². The minimum absolute atomic E-state index is 0.194. The highest BCUT2D eigenvalue weighted by molar-refractivity contribution is 5.92. The van der Waals surface area contributed by atoms with Gasteiger partial charge in [0.2, 0.25) is 11.7 Å². The van der Waals surface area contributed by atoms with E-state index in [2.05, 4.69) is 10.1 Å². The molecule has 4 rings (SSSR count). The van der Waals surface area contributed by atoms with Gasteiger partial charge in [-0.2, -0.15) is 0 Å². The maximum atomic E-state index is 13.1. The van der Waals surface area contributed by atoms with Crippen molar-refractivity contribution < 1.29 is 18.1 Å². The Hall–Kier alpha value is -2.96. The first kappa shape index (κ1) is 18.4. The Labute approximate surface area is 162 Å². The van der Waals surface area contributed by atoms with Crippen molar-refractivity contribution >= 4 is 5.91 Å². The maximum absolute atomic E-state index is 13.1. The molecule has 146 valence electrons. The number of nitrogens with zero attached hydrogens (tertiary/aromatic N) is 3. The van der Waals surface area contributed by atoms with E-state index in [1.54, 1.807) is 29.3 Å². The molecule has 0 bridgehead atoms. The molecule has 28 heavy (non-hydrogen) atoms. The first-order valence-electron chi connectivity index (χ1n) is 9.48. The molecule has 0 N–H and O–H groups in total. The lowest BCUT2D eigenvalue weighted by Gasteiger charge is -2.20. The van der Waals surface area contributed by atoms with Gasteiger partial charge >= 0.3 is 0 Å². The lowest BCUT2D eigenvalue weighted by atomic mass is 10.1. The van der Waals surface area contributed by atoms with Crippen LogP contribution in [0.1, 0.15) is 72.1 Å². The fourth-order valence-corrected chi connectivity index (χ4v) is 3.43. The molecule has 0 radical (unpaired) electrons. The normalized spacial score (nSPS) is 16.9. The van der Waals surface area contributed by atoms with Gasteiger partial charge in [0, 0.05) is 19.0 Å². The van der Waals surface area contributed by atoms with E-state index in [4.69, 9.17) is 8.94 Å². The van der Waals surface area contributed by atoms with E-state index < -0.39 is 0 Å². The largest absolute Gasteiger partial charge is 0.443 e. The van der Waals surface area contributed by atoms with Gasteiger partial charge in [-0.25, -0.2) is 9.37 Å². The van der Waals surface area contributed by atoms with Crippen molar-refractivity contribution in [2.45, 2.75) is 45.1 Å². The predicted octanol–water partition coefficient (Wildman–Crippen LogP) is 4.49. The number of halogens is 1. The van der Waals surface area contributed by atoms with Gasteiger partial charge in [-0.3, -0.25) is 4.79 Å². The summed E-state index contributed by atoms with van der Waals surface area (Å²) in [6, 6.07) is 7.78. The number of hydrogen-bond acceptors (Lipinski definition) is 5. The molecule has 0 aliphatic carbocycles. The highest BCUT2D eigenvalue weighted by Gasteiger charge is 2.35. The van der Waals surface area contributed by atoms with Gasteiger partial charge in [-0.1, -0.05) is 31.1 Å². The standard InChI is InChI=1S/C21H22FN3O3/c1-13(2)17-11-19(28-24-17)21(26)25-9-3-4-18(25)20-23-12-16(27-20)10-14-5-7-15(22)8-6-14/h5-8,11-13,18H,3-4,9-10H2,1-2H3. The summed E-state index contributed by atoms with van der Waals surface area (Å²) in [7, 11) is 0. The minimum Gasteiger partial charge on any atom is -0.443 e. The Morgan fingerprint density at radius 1 is 1.32 bits per heavy atom. The fourth-order valence-electron chi connectivity index (χ4n) is 3.43. The fraction of sp³-hybridized carbons (Fsp3) is 0.381. The molecule has 1 saturated heterocycles. The highest BCUT2D eigenvalue weighted by Crippen LogP contribution is 2.33. The molecule has 7 heteroatoms. The van der Waals surface area contributed by atoms with Crippen molar-refractivity contribution in [3.63, 3.8) is 0 Å². The van der Waals surface area contributed by atoms with E-state index in [0.29, 0.717) is 24.6 Å². The molecule has 6 nitrogen and oxygen atoms in total. The summed E-state index contributed by atoms with van der Waals surface area (Å²) in [5.74, 6) is 1.18. The molecule has 2 aromatic heterocycles. The van der Waals surface area contributed by atoms with Crippen molar-refractivity contribution in [3.8, 4) is 0 Å². The number of hydrogen-bond donors (Lipinski definition) is 0. The lowest BCUT2D eigenvalue weighted by Crippen LogP contribution is -2.30. The Balaban J connectivity index is 1.49. The number of carbonyl (C=O) groups is 1. The molecule has 1 aromatic carbocycles. The summed E-state index contributed by atoms with van der Waals surface area (Å²) >= 11 is 0. The second-order valence-electron chi connectivity index (χ2n) is 7.40. The number of aromatic nitrogens is 2. The highest BCUT2D eigenvalue weighted by atomic mass is 19.1. The van der Waals surface area contributed by atoms with E-state index in [-0.39, 0.29) is 29.4 Å². The van der Waals surface area contributed by atoms with Crippen LogP contribution in [0.25, 0.3) is 0 Å². The van der Waals surface area contributed by atoms with Crippen LogP contribution in [-0.4, -0.2) is 27.5 Å². The van der Waals surface area contributed by atoms with Crippen molar-refractivity contribution in [1.29, 1.82) is 0 Å². The van der Waals surface area contributed by atoms with Crippen LogP contribution in [0, 0.1) is 5.82 Å². The molecule has 1 amide bonds. The van der Waals surface area contributed by atoms with Gasteiger partial charge in [0.05, 0.1) is 11.9 Å². The Kier molecular flexibility index (Phi) is 4.98. The first-order chi connectivity index (χ1) is 13.5. The number of likely N-dealkylation sites (tertiary alicyclic amines) is 1. The van der Waals surface area contributed by atoms with Crippen molar-refractivity contribution in [2.75, 3.05) is 6.54 Å². The average Bonchev–Trinajstić information content (AvgIpc) is 3.43. The lowest BCUT2D eigenvalue weighted by molar-refractivity contribution is 0.0672. The third-order valence-corrected chi connectivity index (χ3v) is 4.99. The van der Waals surface area contributed by atoms with Gasteiger partial charge < -0.3 is 13.8 Å². The number of oxazole rings is 1. The summed E-state index contributed by atoms with van der Waals surface area (Å²) < 4.78 is 24.2. The van der Waals surface area contributed by atoms with E-state index in [1.807, 2.05) is 13.8 Å². The molecule has 1 atom stereocenters. The molecule has 0 spiro atoms. The zero-order chi connectivity index (χ0) is 19.7. The minimum atomic E-state index is -0.268. The Morgan fingerprint density at radius 3 is 2.82 bits per heavy atom. The van der Waals surface area contributed by atoms with Gasteiger partial charge in [-0.05, 0) is 36.5 Å². The topological polar surface area (TPSA) is 72.4 Å². The summed E-state index contributed by atoms with van der Waals surface area (Å²) in [6.45, 7) is 4.62. The summed E-state index contributed by atoms with van der Waals surface area (Å²) in [4.78, 5) is 19.0. The maximum Gasteiger partial charge on any atom is 0.293 e. The van der Waals surface area contributed by atoms with Gasteiger partial charge in [-0.15, -0.1) is 0 Å².